The number of carbonyl (C=O) groups is 1. The summed E-state index contributed by atoms with van der Waals surface area (Å²) < 4.78 is 37.2. The smallest absolute Gasteiger partial charge is 0.480 e. The zero-order valence-corrected chi connectivity index (χ0v) is 5.97. The highest BCUT2D eigenvalue weighted by atomic mass is 19.4. The molecule has 1 unspecified atom stereocenters. The van der Waals surface area contributed by atoms with E-state index in [9.17, 15) is 18.0 Å². The van der Waals surface area contributed by atoms with E-state index in [-0.39, 0.29) is 6.42 Å². The van der Waals surface area contributed by atoms with E-state index in [4.69, 9.17) is 10.8 Å². The van der Waals surface area contributed by atoms with Gasteiger partial charge in [0.25, 0.3) is 0 Å². The van der Waals surface area contributed by atoms with Crippen molar-refractivity contribution in [1.82, 2.24) is 0 Å². The lowest BCUT2D eigenvalue weighted by Crippen LogP contribution is -2.32. The SMILES string of the molecule is NC(CCOC(F)(F)F)C(=O)O. The minimum atomic E-state index is -4.72. The fraction of sp³-hybridized carbons (Fsp3) is 0.800. The number of halogens is 3. The van der Waals surface area contributed by atoms with Crippen molar-refractivity contribution in [1.29, 1.82) is 0 Å². The number of rotatable bonds is 4. The molecule has 12 heavy (non-hydrogen) atoms. The topological polar surface area (TPSA) is 72.5 Å². The third kappa shape index (κ3) is 5.93. The first-order valence-corrected chi connectivity index (χ1v) is 3.02. The van der Waals surface area contributed by atoms with Gasteiger partial charge in [-0.05, 0) is 6.42 Å². The summed E-state index contributed by atoms with van der Waals surface area (Å²) in [7, 11) is 0. The molecular formula is C5H8F3NO3. The third-order valence-electron chi connectivity index (χ3n) is 1.01. The Morgan fingerprint density at radius 3 is 2.42 bits per heavy atom. The second-order valence-electron chi connectivity index (χ2n) is 2.03. The van der Waals surface area contributed by atoms with Crippen LogP contribution in [0.1, 0.15) is 6.42 Å². The van der Waals surface area contributed by atoms with Crippen LogP contribution in [0.4, 0.5) is 13.2 Å². The minimum absolute atomic E-state index is 0.366. The van der Waals surface area contributed by atoms with Gasteiger partial charge in [0.05, 0.1) is 6.61 Å². The van der Waals surface area contributed by atoms with Crippen LogP contribution in [0.15, 0.2) is 0 Å². The summed E-state index contributed by atoms with van der Waals surface area (Å²) >= 11 is 0. The van der Waals surface area contributed by atoms with Gasteiger partial charge in [-0.2, -0.15) is 0 Å². The van der Waals surface area contributed by atoms with E-state index in [1.165, 1.54) is 0 Å². The van der Waals surface area contributed by atoms with Gasteiger partial charge in [0.2, 0.25) is 0 Å². The van der Waals surface area contributed by atoms with E-state index in [0.29, 0.717) is 0 Å². The lowest BCUT2D eigenvalue weighted by molar-refractivity contribution is -0.324. The molecule has 0 rings (SSSR count). The van der Waals surface area contributed by atoms with E-state index in [1.54, 1.807) is 0 Å². The molecule has 0 amide bonds. The predicted molar refractivity (Wildman–Crippen MR) is 32.2 cm³/mol. The van der Waals surface area contributed by atoms with Crippen molar-refractivity contribution in [3.8, 4) is 0 Å². The standard InChI is InChI=1S/C5H8F3NO3/c6-5(7,8)12-2-1-3(9)4(10)11/h3H,1-2,9H2,(H,10,11). The first-order valence-electron chi connectivity index (χ1n) is 3.02. The molecule has 3 N–H and O–H groups in total. The summed E-state index contributed by atoms with van der Waals surface area (Å²) in [5.74, 6) is -1.35. The highest BCUT2D eigenvalue weighted by molar-refractivity contribution is 5.72. The molecule has 0 spiro atoms. The highest BCUT2D eigenvalue weighted by Crippen LogP contribution is 2.16. The van der Waals surface area contributed by atoms with E-state index in [0.717, 1.165) is 0 Å². The molecule has 0 saturated heterocycles. The van der Waals surface area contributed by atoms with Crippen molar-refractivity contribution in [2.24, 2.45) is 5.73 Å². The van der Waals surface area contributed by atoms with Crippen LogP contribution < -0.4 is 5.73 Å². The van der Waals surface area contributed by atoms with Gasteiger partial charge >= 0.3 is 12.3 Å². The lowest BCUT2D eigenvalue weighted by Gasteiger charge is -2.08. The number of hydrogen-bond acceptors (Lipinski definition) is 3. The average molecular weight is 187 g/mol. The fourth-order valence-electron chi connectivity index (χ4n) is 0.425. The number of carboxylic acid groups (broad SMARTS) is 1. The molecule has 0 bridgehead atoms. The Bertz CT molecular complexity index is 159. The molecule has 0 aromatic carbocycles. The zero-order chi connectivity index (χ0) is 9.78. The van der Waals surface area contributed by atoms with Crippen LogP contribution in [-0.2, 0) is 9.53 Å². The molecule has 0 aliphatic rings. The number of carboxylic acids is 1. The molecule has 7 heteroatoms. The van der Waals surface area contributed by atoms with Crippen molar-refractivity contribution in [2.45, 2.75) is 18.8 Å². The average Bonchev–Trinajstić information content (AvgIpc) is 1.84. The highest BCUT2D eigenvalue weighted by Gasteiger charge is 2.29. The Morgan fingerprint density at radius 2 is 2.08 bits per heavy atom. The van der Waals surface area contributed by atoms with Gasteiger partial charge in [0, 0.05) is 0 Å². The number of alkyl halides is 3. The van der Waals surface area contributed by atoms with E-state index < -0.39 is 25.0 Å². The van der Waals surface area contributed by atoms with Crippen LogP contribution in [0, 0.1) is 0 Å². The van der Waals surface area contributed by atoms with E-state index in [1.807, 2.05) is 0 Å². The van der Waals surface area contributed by atoms with Crippen LogP contribution in [0.2, 0.25) is 0 Å². The molecule has 0 heterocycles. The summed E-state index contributed by atoms with van der Waals surface area (Å²) in [5, 5.41) is 8.15. The zero-order valence-electron chi connectivity index (χ0n) is 5.97. The molecule has 0 aromatic heterocycles. The van der Waals surface area contributed by atoms with Crippen LogP contribution in [0.25, 0.3) is 0 Å². The van der Waals surface area contributed by atoms with Gasteiger partial charge in [-0.1, -0.05) is 0 Å². The normalized spacial score (nSPS) is 14.3. The molecule has 0 fully saturated rings. The van der Waals surface area contributed by atoms with E-state index in [2.05, 4.69) is 4.74 Å². The fourth-order valence-corrected chi connectivity index (χ4v) is 0.425. The monoisotopic (exact) mass is 187 g/mol. The van der Waals surface area contributed by atoms with Crippen molar-refractivity contribution < 1.29 is 27.8 Å². The Labute approximate surface area is 66.1 Å². The molecular weight excluding hydrogens is 179 g/mol. The summed E-state index contributed by atoms with van der Waals surface area (Å²) in [4.78, 5) is 9.99. The maximum Gasteiger partial charge on any atom is 0.522 e. The molecule has 1 atom stereocenters. The van der Waals surface area contributed by atoms with Crippen LogP contribution in [0.3, 0.4) is 0 Å². The molecule has 0 aliphatic heterocycles. The summed E-state index contributed by atoms with van der Waals surface area (Å²) in [6.45, 7) is -0.739. The summed E-state index contributed by atoms with van der Waals surface area (Å²) in [6, 6.07) is -1.31. The number of aliphatic carboxylic acids is 1. The predicted octanol–water partition coefficient (Wildman–Crippen LogP) is 0.325. The number of nitrogens with two attached hydrogens (primary N) is 1. The first-order chi connectivity index (χ1) is 5.33. The second-order valence-corrected chi connectivity index (χ2v) is 2.03. The van der Waals surface area contributed by atoms with Gasteiger partial charge in [-0.3, -0.25) is 9.53 Å². The molecule has 4 nitrogen and oxygen atoms in total. The van der Waals surface area contributed by atoms with E-state index >= 15 is 0 Å². The molecule has 0 radical (unpaired) electrons. The Kier molecular flexibility index (Phi) is 3.98. The largest absolute Gasteiger partial charge is 0.522 e. The molecule has 0 aliphatic carbocycles. The number of ether oxygens (including phenoxy) is 1. The van der Waals surface area contributed by atoms with Gasteiger partial charge in [0.1, 0.15) is 6.04 Å². The van der Waals surface area contributed by atoms with Gasteiger partial charge < -0.3 is 10.8 Å². The molecule has 72 valence electrons. The molecule has 0 saturated carbocycles. The minimum Gasteiger partial charge on any atom is -0.480 e. The summed E-state index contributed by atoms with van der Waals surface area (Å²) in [6.07, 6.45) is -5.09. The number of hydrogen-bond donors (Lipinski definition) is 2. The van der Waals surface area contributed by atoms with Crippen LogP contribution in [0.5, 0.6) is 0 Å². The van der Waals surface area contributed by atoms with Crippen molar-refractivity contribution in [3.05, 3.63) is 0 Å². The van der Waals surface area contributed by atoms with Crippen LogP contribution in [-0.4, -0.2) is 30.1 Å². The maximum atomic E-state index is 11.3. The maximum absolute atomic E-state index is 11.3. The van der Waals surface area contributed by atoms with Gasteiger partial charge in [-0.25, -0.2) is 0 Å². The Morgan fingerprint density at radius 1 is 1.58 bits per heavy atom. The third-order valence-corrected chi connectivity index (χ3v) is 1.01. The summed E-state index contributed by atoms with van der Waals surface area (Å²) in [5.41, 5.74) is 4.90. The Hall–Kier alpha value is -0.820. The van der Waals surface area contributed by atoms with Gasteiger partial charge in [0.15, 0.2) is 0 Å². The van der Waals surface area contributed by atoms with Crippen molar-refractivity contribution in [2.75, 3.05) is 6.61 Å². The van der Waals surface area contributed by atoms with Crippen LogP contribution >= 0.6 is 0 Å². The lowest BCUT2D eigenvalue weighted by atomic mass is 10.2. The second kappa shape index (κ2) is 4.27. The quantitative estimate of drug-likeness (QED) is 0.664. The van der Waals surface area contributed by atoms with Crippen molar-refractivity contribution >= 4 is 5.97 Å². The Balaban J connectivity index is 3.51. The van der Waals surface area contributed by atoms with Gasteiger partial charge in [-0.15, -0.1) is 13.2 Å². The van der Waals surface area contributed by atoms with Crippen molar-refractivity contribution in [3.63, 3.8) is 0 Å². The first kappa shape index (κ1) is 11.2. The molecule has 0 aromatic rings.